The summed E-state index contributed by atoms with van der Waals surface area (Å²) in [5.74, 6) is -0.482. The molecular formula is C16H11ClN2O2. The van der Waals surface area contributed by atoms with Gasteiger partial charge in [0.05, 0.1) is 18.3 Å². The lowest BCUT2D eigenvalue weighted by Gasteiger charge is -2.08. The summed E-state index contributed by atoms with van der Waals surface area (Å²) in [7, 11) is 1.33. The Bertz CT molecular complexity index is 819. The van der Waals surface area contributed by atoms with E-state index in [1.807, 2.05) is 24.3 Å². The van der Waals surface area contributed by atoms with Gasteiger partial charge in [-0.25, -0.2) is 9.78 Å². The Morgan fingerprint density at radius 2 is 2.05 bits per heavy atom. The Morgan fingerprint density at radius 1 is 1.19 bits per heavy atom. The van der Waals surface area contributed by atoms with E-state index in [0.29, 0.717) is 10.5 Å². The zero-order valence-electron chi connectivity index (χ0n) is 11.2. The van der Waals surface area contributed by atoms with Gasteiger partial charge in [0.1, 0.15) is 5.69 Å². The Kier molecular flexibility index (Phi) is 3.54. The second kappa shape index (κ2) is 5.50. The minimum absolute atomic E-state index is 0.243. The summed E-state index contributed by atoms with van der Waals surface area (Å²) in [6.45, 7) is 0. The van der Waals surface area contributed by atoms with Crippen molar-refractivity contribution in [2.75, 3.05) is 7.11 Å². The zero-order valence-corrected chi connectivity index (χ0v) is 12.0. The maximum Gasteiger partial charge on any atom is 0.356 e. The second-order valence-corrected chi connectivity index (χ2v) is 4.86. The highest BCUT2D eigenvalue weighted by Gasteiger charge is 2.14. The molecule has 0 unspecified atom stereocenters. The third kappa shape index (κ3) is 2.58. The molecule has 1 aromatic carbocycles. The van der Waals surface area contributed by atoms with Crippen LogP contribution in [-0.4, -0.2) is 23.0 Å². The van der Waals surface area contributed by atoms with Crippen molar-refractivity contribution in [2.45, 2.75) is 0 Å². The number of pyridine rings is 2. The minimum atomic E-state index is -0.482. The van der Waals surface area contributed by atoms with Crippen molar-refractivity contribution >= 4 is 28.5 Å². The van der Waals surface area contributed by atoms with Crippen molar-refractivity contribution < 1.29 is 9.53 Å². The number of fused-ring (bicyclic) bond motifs is 1. The number of ether oxygens (including phenoxy) is 1. The van der Waals surface area contributed by atoms with E-state index < -0.39 is 5.97 Å². The molecule has 4 nitrogen and oxygen atoms in total. The van der Waals surface area contributed by atoms with E-state index in [1.165, 1.54) is 7.11 Å². The summed E-state index contributed by atoms with van der Waals surface area (Å²) in [6, 6.07) is 12.6. The first-order chi connectivity index (χ1) is 10.2. The number of hydrogen-bond donors (Lipinski definition) is 0. The van der Waals surface area contributed by atoms with Crippen molar-refractivity contribution in [1.82, 2.24) is 9.97 Å². The van der Waals surface area contributed by atoms with Crippen LogP contribution in [0.2, 0.25) is 5.02 Å². The van der Waals surface area contributed by atoms with Crippen LogP contribution in [0.5, 0.6) is 0 Å². The SMILES string of the molecule is COC(=O)c1cc(-c2ccccn2)c2cc(Cl)ccc2n1. The molecule has 2 heterocycles. The number of aromatic nitrogens is 2. The summed E-state index contributed by atoms with van der Waals surface area (Å²) >= 11 is 6.07. The summed E-state index contributed by atoms with van der Waals surface area (Å²) in [5, 5.41) is 1.45. The topological polar surface area (TPSA) is 52.1 Å². The van der Waals surface area contributed by atoms with Crippen LogP contribution < -0.4 is 0 Å². The van der Waals surface area contributed by atoms with Gasteiger partial charge in [-0.05, 0) is 36.4 Å². The average molecular weight is 299 g/mol. The number of nitrogens with zero attached hydrogens (tertiary/aromatic N) is 2. The van der Waals surface area contributed by atoms with Gasteiger partial charge in [-0.2, -0.15) is 0 Å². The third-order valence-electron chi connectivity index (χ3n) is 3.11. The molecule has 3 aromatic rings. The molecule has 5 heteroatoms. The lowest BCUT2D eigenvalue weighted by molar-refractivity contribution is 0.0594. The highest BCUT2D eigenvalue weighted by Crippen LogP contribution is 2.29. The Balaban J connectivity index is 2.33. The van der Waals surface area contributed by atoms with Crippen molar-refractivity contribution in [2.24, 2.45) is 0 Å². The maximum absolute atomic E-state index is 11.8. The largest absolute Gasteiger partial charge is 0.464 e. The van der Waals surface area contributed by atoms with E-state index in [4.69, 9.17) is 16.3 Å². The molecule has 0 spiro atoms. The van der Waals surface area contributed by atoms with Crippen LogP contribution in [0.25, 0.3) is 22.2 Å². The lowest BCUT2D eigenvalue weighted by atomic mass is 10.0. The number of methoxy groups -OCH3 is 1. The lowest BCUT2D eigenvalue weighted by Crippen LogP contribution is -2.05. The monoisotopic (exact) mass is 298 g/mol. The Hall–Kier alpha value is -2.46. The average Bonchev–Trinajstić information content (AvgIpc) is 2.54. The maximum atomic E-state index is 11.8. The molecule has 0 atom stereocenters. The first-order valence-corrected chi connectivity index (χ1v) is 6.67. The molecule has 0 N–H and O–H groups in total. The molecular weight excluding hydrogens is 288 g/mol. The molecule has 0 radical (unpaired) electrons. The fourth-order valence-corrected chi connectivity index (χ4v) is 2.31. The molecule has 0 bridgehead atoms. The van der Waals surface area contributed by atoms with Crippen LogP contribution in [0.15, 0.2) is 48.7 Å². The quantitative estimate of drug-likeness (QED) is 0.676. The Morgan fingerprint density at radius 3 is 2.76 bits per heavy atom. The summed E-state index contributed by atoms with van der Waals surface area (Å²) in [5.41, 5.74) is 2.46. The highest BCUT2D eigenvalue weighted by atomic mass is 35.5. The molecule has 2 aromatic heterocycles. The van der Waals surface area contributed by atoms with Gasteiger partial charge < -0.3 is 4.74 Å². The molecule has 3 rings (SSSR count). The van der Waals surface area contributed by atoms with Crippen LogP contribution in [-0.2, 0) is 4.74 Å². The fraction of sp³-hybridized carbons (Fsp3) is 0.0625. The van der Waals surface area contributed by atoms with Crippen LogP contribution in [0, 0.1) is 0 Å². The van der Waals surface area contributed by atoms with E-state index in [2.05, 4.69) is 9.97 Å². The number of benzene rings is 1. The predicted octanol–water partition coefficient (Wildman–Crippen LogP) is 3.74. The van der Waals surface area contributed by atoms with Gasteiger partial charge >= 0.3 is 5.97 Å². The molecule has 0 aliphatic rings. The highest BCUT2D eigenvalue weighted by molar-refractivity contribution is 6.31. The molecule has 0 saturated heterocycles. The standard InChI is InChI=1S/C16H11ClN2O2/c1-21-16(20)15-9-12(13-4-2-3-7-18-13)11-8-10(17)5-6-14(11)19-15/h2-9H,1H3. The van der Waals surface area contributed by atoms with Gasteiger partial charge in [-0.3, -0.25) is 4.98 Å². The first kappa shape index (κ1) is 13.5. The predicted molar refractivity (Wildman–Crippen MR) is 81.3 cm³/mol. The van der Waals surface area contributed by atoms with Crippen LogP contribution in [0.4, 0.5) is 0 Å². The number of carbonyl (C=O) groups excluding carboxylic acids is 1. The zero-order chi connectivity index (χ0) is 14.8. The minimum Gasteiger partial charge on any atom is -0.464 e. The number of hydrogen-bond acceptors (Lipinski definition) is 4. The molecule has 0 amide bonds. The van der Waals surface area contributed by atoms with Crippen LogP contribution in [0.3, 0.4) is 0 Å². The van der Waals surface area contributed by atoms with Crippen LogP contribution >= 0.6 is 11.6 Å². The first-order valence-electron chi connectivity index (χ1n) is 6.29. The van der Waals surface area contributed by atoms with Crippen LogP contribution in [0.1, 0.15) is 10.5 Å². The van der Waals surface area contributed by atoms with E-state index in [0.717, 1.165) is 16.6 Å². The van der Waals surface area contributed by atoms with Gasteiger partial charge in [0.25, 0.3) is 0 Å². The van der Waals surface area contributed by atoms with Crippen molar-refractivity contribution in [3.63, 3.8) is 0 Å². The molecule has 0 aliphatic carbocycles. The van der Waals surface area contributed by atoms with Crippen molar-refractivity contribution in [1.29, 1.82) is 0 Å². The van der Waals surface area contributed by atoms with E-state index in [1.54, 1.807) is 24.4 Å². The molecule has 0 saturated carbocycles. The third-order valence-corrected chi connectivity index (χ3v) is 3.34. The molecule has 104 valence electrons. The summed E-state index contributed by atoms with van der Waals surface area (Å²) in [4.78, 5) is 20.4. The van der Waals surface area contributed by atoms with Gasteiger partial charge in [0.2, 0.25) is 0 Å². The van der Waals surface area contributed by atoms with Crippen molar-refractivity contribution in [3.8, 4) is 11.3 Å². The van der Waals surface area contributed by atoms with Gasteiger partial charge in [-0.15, -0.1) is 0 Å². The van der Waals surface area contributed by atoms with Gasteiger partial charge in [-0.1, -0.05) is 17.7 Å². The second-order valence-electron chi connectivity index (χ2n) is 4.42. The number of esters is 1. The smallest absolute Gasteiger partial charge is 0.356 e. The number of carbonyl (C=O) groups is 1. The fourth-order valence-electron chi connectivity index (χ4n) is 2.14. The number of rotatable bonds is 2. The molecule has 0 aliphatic heterocycles. The Labute approximate surface area is 126 Å². The molecule has 0 fully saturated rings. The van der Waals surface area contributed by atoms with Gasteiger partial charge in [0, 0.05) is 22.2 Å². The normalized spacial score (nSPS) is 10.6. The van der Waals surface area contributed by atoms with Gasteiger partial charge in [0.15, 0.2) is 0 Å². The van der Waals surface area contributed by atoms with Crippen molar-refractivity contribution in [3.05, 3.63) is 59.4 Å². The van der Waals surface area contributed by atoms with E-state index in [9.17, 15) is 4.79 Å². The summed E-state index contributed by atoms with van der Waals surface area (Å²) < 4.78 is 4.75. The summed E-state index contributed by atoms with van der Waals surface area (Å²) in [6.07, 6.45) is 1.70. The van der Waals surface area contributed by atoms with E-state index >= 15 is 0 Å². The molecule has 21 heavy (non-hydrogen) atoms. The van der Waals surface area contributed by atoms with E-state index in [-0.39, 0.29) is 5.69 Å². The number of halogens is 1.